The van der Waals surface area contributed by atoms with Gasteiger partial charge >= 0.3 is 12.1 Å². The van der Waals surface area contributed by atoms with Gasteiger partial charge in [-0.15, -0.1) is 0 Å². The third kappa shape index (κ3) is 4.30. The maximum Gasteiger partial charge on any atom is 0.409 e. The number of ether oxygens (including phenoxy) is 2. The van der Waals surface area contributed by atoms with E-state index in [4.69, 9.17) is 14.6 Å². The first-order chi connectivity index (χ1) is 15.5. The first-order valence-corrected chi connectivity index (χ1v) is 10.5. The minimum absolute atomic E-state index is 0.00469. The number of hydrogen-bond acceptors (Lipinski definition) is 4. The van der Waals surface area contributed by atoms with Crippen LogP contribution in [0.2, 0.25) is 0 Å². The summed E-state index contributed by atoms with van der Waals surface area (Å²) in [5, 5.41) is 9.09. The molecule has 0 fully saturated rings. The monoisotopic (exact) mass is 431 g/mol. The van der Waals surface area contributed by atoms with Crippen LogP contribution in [0.3, 0.4) is 0 Å². The number of hydrogen-bond donors (Lipinski definition) is 1. The smallest absolute Gasteiger partial charge is 0.409 e. The number of carbonyl (C=O) groups excluding carboxylic acids is 1. The van der Waals surface area contributed by atoms with Crippen LogP contribution >= 0.6 is 0 Å². The van der Waals surface area contributed by atoms with Crippen molar-refractivity contribution >= 4 is 12.1 Å². The molecule has 1 aliphatic rings. The second-order valence-electron chi connectivity index (χ2n) is 7.91. The highest BCUT2D eigenvalue weighted by Gasteiger charge is 2.29. The van der Waals surface area contributed by atoms with Gasteiger partial charge in [0, 0.05) is 13.0 Å². The lowest BCUT2D eigenvalue weighted by Gasteiger charge is -2.25. The number of benzene rings is 3. The first-order valence-electron chi connectivity index (χ1n) is 10.5. The van der Waals surface area contributed by atoms with E-state index in [0.717, 1.165) is 0 Å². The molecule has 0 aromatic heterocycles. The summed E-state index contributed by atoms with van der Waals surface area (Å²) in [5.74, 6) is -0.568. The van der Waals surface area contributed by atoms with Crippen LogP contribution in [0.1, 0.15) is 34.3 Å². The lowest BCUT2D eigenvalue weighted by molar-refractivity contribution is 0.0696. The molecular weight excluding hydrogens is 406 g/mol. The minimum Gasteiger partial charge on any atom is -0.491 e. The zero-order chi connectivity index (χ0) is 22.7. The highest BCUT2D eigenvalue weighted by atomic mass is 16.6. The van der Waals surface area contributed by atoms with Crippen molar-refractivity contribution in [3.8, 4) is 16.9 Å². The van der Waals surface area contributed by atoms with Gasteiger partial charge in [-0.05, 0) is 47.4 Å². The molecule has 0 aliphatic heterocycles. The summed E-state index contributed by atoms with van der Waals surface area (Å²) < 4.78 is 11.4. The molecule has 6 nitrogen and oxygen atoms in total. The maximum atomic E-state index is 12.7. The number of carboxylic acids is 1. The molecule has 164 valence electrons. The first kappa shape index (κ1) is 21.4. The van der Waals surface area contributed by atoms with Gasteiger partial charge in [-0.25, -0.2) is 9.59 Å². The summed E-state index contributed by atoms with van der Waals surface area (Å²) >= 11 is 0. The van der Waals surface area contributed by atoms with Gasteiger partial charge in [0.1, 0.15) is 19.0 Å². The predicted molar refractivity (Wildman–Crippen MR) is 121 cm³/mol. The lowest BCUT2D eigenvalue weighted by Crippen LogP contribution is -2.39. The van der Waals surface area contributed by atoms with Crippen LogP contribution in [-0.4, -0.2) is 48.4 Å². The van der Waals surface area contributed by atoms with Gasteiger partial charge in [-0.1, -0.05) is 54.6 Å². The molecule has 0 spiro atoms. The second-order valence-corrected chi connectivity index (χ2v) is 7.91. The summed E-state index contributed by atoms with van der Waals surface area (Å²) in [6.07, 6.45) is -0.428. The third-order valence-electron chi connectivity index (χ3n) is 5.86. The molecule has 1 aliphatic carbocycles. The normalized spacial score (nSPS) is 13.1. The molecule has 1 amide bonds. The predicted octanol–water partition coefficient (Wildman–Crippen LogP) is 5.03. The van der Waals surface area contributed by atoms with E-state index in [2.05, 4.69) is 24.3 Å². The topological polar surface area (TPSA) is 76.1 Å². The average molecular weight is 431 g/mol. The van der Waals surface area contributed by atoms with Gasteiger partial charge in [0.25, 0.3) is 0 Å². The Kier molecular flexibility index (Phi) is 6.12. The molecular formula is C26H25NO5. The average Bonchev–Trinajstić information content (AvgIpc) is 3.14. The summed E-state index contributed by atoms with van der Waals surface area (Å²) in [6.45, 7) is 2.32. The Labute approximate surface area is 187 Å². The Balaban J connectivity index is 1.36. The Morgan fingerprint density at radius 3 is 2.22 bits per heavy atom. The molecule has 0 saturated carbocycles. The van der Waals surface area contributed by atoms with Gasteiger partial charge in [-0.2, -0.15) is 0 Å². The van der Waals surface area contributed by atoms with Crippen molar-refractivity contribution in [2.75, 3.05) is 20.3 Å². The summed E-state index contributed by atoms with van der Waals surface area (Å²) in [5.41, 5.74) is 4.85. The van der Waals surface area contributed by atoms with Gasteiger partial charge < -0.3 is 19.5 Å². The van der Waals surface area contributed by atoms with Crippen LogP contribution in [0.4, 0.5) is 4.79 Å². The van der Waals surface area contributed by atoms with Crippen molar-refractivity contribution in [1.29, 1.82) is 0 Å². The largest absolute Gasteiger partial charge is 0.491 e. The van der Waals surface area contributed by atoms with Crippen molar-refractivity contribution in [1.82, 2.24) is 4.90 Å². The SMILES string of the molecule is CC(COc1cccc(C(=O)O)c1)N(C)C(=O)OCC1c2ccccc2-c2ccccc21. The van der Waals surface area contributed by atoms with Crippen molar-refractivity contribution in [3.63, 3.8) is 0 Å². The molecule has 0 bridgehead atoms. The number of amides is 1. The van der Waals surface area contributed by atoms with Crippen LogP contribution in [0, 0.1) is 0 Å². The van der Waals surface area contributed by atoms with Crippen molar-refractivity contribution in [2.24, 2.45) is 0 Å². The van der Waals surface area contributed by atoms with Gasteiger partial charge in [0.15, 0.2) is 0 Å². The van der Waals surface area contributed by atoms with E-state index in [9.17, 15) is 9.59 Å². The third-order valence-corrected chi connectivity index (χ3v) is 5.86. The van der Waals surface area contributed by atoms with Crippen molar-refractivity contribution in [3.05, 3.63) is 89.5 Å². The fourth-order valence-electron chi connectivity index (χ4n) is 3.92. The Morgan fingerprint density at radius 2 is 1.59 bits per heavy atom. The van der Waals surface area contributed by atoms with E-state index in [1.54, 1.807) is 19.2 Å². The van der Waals surface area contributed by atoms with E-state index in [1.807, 2.05) is 31.2 Å². The molecule has 32 heavy (non-hydrogen) atoms. The number of likely N-dealkylation sites (N-methyl/N-ethyl adjacent to an activating group) is 1. The summed E-state index contributed by atoms with van der Waals surface area (Å²) in [6, 6.07) is 22.4. The fourth-order valence-corrected chi connectivity index (χ4v) is 3.92. The van der Waals surface area contributed by atoms with E-state index in [0.29, 0.717) is 5.75 Å². The zero-order valence-electron chi connectivity index (χ0n) is 18.0. The van der Waals surface area contributed by atoms with Crippen LogP contribution in [0.5, 0.6) is 5.75 Å². The molecule has 4 rings (SSSR count). The van der Waals surface area contributed by atoms with Crippen molar-refractivity contribution in [2.45, 2.75) is 18.9 Å². The Hall–Kier alpha value is -3.80. The van der Waals surface area contributed by atoms with E-state index < -0.39 is 12.1 Å². The number of carboxylic acid groups (broad SMARTS) is 1. The lowest BCUT2D eigenvalue weighted by atomic mass is 9.98. The fraction of sp³-hybridized carbons (Fsp3) is 0.231. The van der Waals surface area contributed by atoms with Crippen LogP contribution < -0.4 is 4.74 Å². The number of aromatic carboxylic acids is 1. The quantitative estimate of drug-likeness (QED) is 0.568. The molecule has 6 heteroatoms. The van der Waals surface area contributed by atoms with E-state index in [-0.39, 0.29) is 30.7 Å². The summed E-state index contributed by atoms with van der Waals surface area (Å²) in [7, 11) is 1.67. The van der Waals surface area contributed by atoms with Crippen LogP contribution in [0.15, 0.2) is 72.8 Å². The Bertz CT molecular complexity index is 1100. The van der Waals surface area contributed by atoms with E-state index in [1.165, 1.54) is 39.3 Å². The minimum atomic E-state index is -1.01. The van der Waals surface area contributed by atoms with E-state index >= 15 is 0 Å². The molecule has 1 atom stereocenters. The molecule has 0 heterocycles. The summed E-state index contributed by atoms with van der Waals surface area (Å²) in [4.78, 5) is 25.3. The highest BCUT2D eigenvalue weighted by Crippen LogP contribution is 2.44. The molecule has 1 N–H and O–H groups in total. The molecule has 3 aromatic carbocycles. The zero-order valence-corrected chi connectivity index (χ0v) is 18.0. The maximum absolute atomic E-state index is 12.7. The Morgan fingerprint density at radius 1 is 0.969 bits per heavy atom. The number of fused-ring (bicyclic) bond motifs is 3. The second kappa shape index (κ2) is 9.14. The molecule has 0 radical (unpaired) electrons. The standard InChI is InChI=1S/C26H25NO5/c1-17(15-31-19-9-7-8-18(14-19)25(28)29)27(2)26(30)32-16-24-22-12-5-3-10-20(22)21-11-4-6-13-23(21)24/h3-14,17,24H,15-16H2,1-2H3,(H,28,29). The number of rotatable bonds is 7. The number of carbonyl (C=O) groups is 2. The van der Waals surface area contributed by atoms with Gasteiger partial charge in [0.2, 0.25) is 0 Å². The molecule has 3 aromatic rings. The number of nitrogens with zero attached hydrogens (tertiary/aromatic N) is 1. The van der Waals surface area contributed by atoms with Crippen LogP contribution in [-0.2, 0) is 4.74 Å². The highest BCUT2D eigenvalue weighted by molar-refractivity contribution is 5.88. The van der Waals surface area contributed by atoms with Crippen LogP contribution in [0.25, 0.3) is 11.1 Å². The molecule has 0 saturated heterocycles. The van der Waals surface area contributed by atoms with Gasteiger partial charge in [-0.3, -0.25) is 0 Å². The van der Waals surface area contributed by atoms with Crippen molar-refractivity contribution < 1.29 is 24.2 Å². The van der Waals surface area contributed by atoms with Gasteiger partial charge in [0.05, 0.1) is 11.6 Å². The molecule has 1 unspecified atom stereocenters.